The lowest BCUT2D eigenvalue weighted by Gasteiger charge is -2.17. The molecule has 1 atom stereocenters. The van der Waals surface area contributed by atoms with Gasteiger partial charge in [-0.3, -0.25) is 4.79 Å². The second kappa shape index (κ2) is 10.00. The number of carbonyl (C=O) groups is 2. The van der Waals surface area contributed by atoms with Crippen molar-refractivity contribution in [1.29, 1.82) is 0 Å². The van der Waals surface area contributed by atoms with Crippen molar-refractivity contribution in [2.45, 2.75) is 26.8 Å². The molecule has 0 aliphatic heterocycles. The topological polar surface area (TPSA) is 73.2 Å². The van der Waals surface area contributed by atoms with E-state index >= 15 is 0 Å². The number of nitrogens with one attached hydrogen (secondary N) is 1. The number of benzene rings is 2. The maximum atomic E-state index is 13.3. The first kappa shape index (κ1) is 22.9. The Labute approximate surface area is 184 Å². The van der Waals surface area contributed by atoms with Gasteiger partial charge in [0.1, 0.15) is 11.6 Å². The molecule has 0 aliphatic carbocycles. The van der Waals surface area contributed by atoms with Gasteiger partial charge in [-0.1, -0.05) is 12.1 Å². The van der Waals surface area contributed by atoms with E-state index in [1.807, 2.05) is 0 Å². The number of esters is 1. The molecule has 1 amide bonds. The van der Waals surface area contributed by atoms with Gasteiger partial charge < -0.3 is 10.1 Å². The summed E-state index contributed by atoms with van der Waals surface area (Å²) in [4.78, 5) is 25.3. The third-order valence-corrected chi connectivity index (χ3v) is 4.81. The van der Waals surface area contributed by atoms with Crippen LogP contribution in [0.2, 0.25) is 0 Å². The Morgan fingerprint density at radius 3 is 2.25 bits per heavy atom. The number of aromatic nitrogens is 2. The molecule has 6 nitrogen and oxygen atoms in total. The Hall–Kier alpha value is -3.81. The van der Waals surface area contributed by atoms with Gasteiger partial charge in [-0.05, 0) is 68.8 Å². The fourth-order valence-corrected chi connectivity index (χ4v) is 3.32. The first-order valence-electron chi connectivity index (χ1n) is 10.0. The maximum absolute atomic E-state index is 13.3. The Kier molecular flexibility index (Phi) is 7.14. The van der Waals surface area contributed by atoms with Crippen molar-refractivity contribution < 1.29 is 23.1 Å². The van der Waals surface area contributed by atoms with E-state index in [1.54, 1.807) is 37.6 Å². The molecule has 8 heteroatoms. The summed E-state index contributed by atoms with van der Waals surface area (Å²) >= 11 is 0. The Morgan fingerprint density at radius 2 is 1.66 bits per heavy atom. The minimum Gasteiger partial charge on any atom is -0.464 e. The molecule has 166 valence electrons. The first-order chi connectivity index (χ1) is 15.3. The predicted octanol–water partition coefficient (Wildman–Crippen LogP) is 4.20. The fraction of sp³-hybridized carbons (Fsp3) is 0.208. The van der Waals surface area contributed by atoms with Crippen molar-refractivity contribution in [3.63, 3.8) is 0 Å². The SMILES string of the molecule is CCOC(=O)C(NC(=O)/C=C\c1ccc(F)cc1)c1c(C)nn(-c2ccc(F)cc2)c1C. The molecular weight excluding hydrogens is 416 g/mol. The van der Waals surface area contributed by atoms with Crippen LogP contribution in [0.1, 0.15) is 35.5 Å². The van der Waals surface area contributed by atoms with Crippen LogP contribution in [0.4, 0.5) is 8.78 Å². The number of ether oxygens (including phenoxy) is 1. The number of hydrogen-bond donors (Lipinski definition) is 1. The van der Waals surface area contributed by atoms with E-state index in [0.29, 0.717) is 28.2 Å². The van der Waals surface area contributed by atoms with Gasteiger partial charge in [0.2, 0.25) is 5.91 Å². The highest BCUT2D eigenvalue weighted by Gasteiger charge is 2.30. The summed E-state index contributed by atoms with van der Waals surface area (Å²) in [6.45, 7) is 5.29. The van der Waals surface area contributed by atoms with Crippen LogP contribution in [-0.2, 0) is 14.3 Å². The number of carbonyl (C=O) groups excluding carboxylic acids is 2. The predicted molar refractivity (Wildman–Crippen MR) is 116 cm³/mol. The monoisotopic (exact) mass is 439 g/mol. The summed E-state index contributed by atoms with van der Waals surface area (Å²) in [7, 11) is 0. The molecule has 0 saturated carbocycles. The summed E-state index contributed by atoms with van der Waals surface area (Å²) in [5, 5.41) is 7.13. The Balaban J connectivity index is 1.90. The van der Waals surface area contributed by atoms with E-state index in [-0.39, 0.29) is 18.2 Å². The average molecular weight is 439 g/mol. The highest BCUT2D eigenvalue weighted by Crippen LogP contribution is 2.25. The van der Waals surface area contributed by atoms with Gasteiger partial charge in [-0.2, -0.15) is 5.10 Å². The Morgan fingerprint density at radius 1 is 1.06 bits per heavy atom. The average Bonchev–Trinajstić information content (AvgIpc) is 3.06. The second-order valence-electron chi connectivity index (χ2n) is 7.05. The van der Waals surface area contributed by atoms with Gasteiger partial charge in [0.25, 0.3) is 0 Å². The van der Waals surface area contributed by atoms with Crippen LogP contribution in [0.3, 0.4) is 0 Å². The molecule has 1 N–H and O–H groups in total. The standard InChI is InChI=1S/C24H23F2N3O3/c1-4-32-24(31)23(27-21(30)14-7-17-5-8-18(25)9-6-17)22-15(2)28-29(16(22)3)20-12-10-19(26)11-13-20/h5-14,23H,4H2,1-3H3,(H,27,30)/b14-7-. The normalized spacial score (nSPS) is 12.0. The van der Waals surface area contributed by atoms with Crippen molar-refractivity contribution in [2.75, 3.05) is 6.61 Å². The molecule has 0 bridgehead atoms. The zero-order valence-corrected chi connectivity index (χ0v) is 17.9. The number of nitrogens with zero attached hydrogens (tertiary/aromatic N) is 2. The smallest absolute Gasteiger partial charge is 0.333 e. The van der Waals surface area contributed by atoms with Crippen molar-refractivity contribution in [1.82, 2.24) is 15.1 Å². The third kappa shape index (κ3) is 5.26. The summed E-state index contributed by atoms with van der Waals surface area (Å²) < 4.78 is 33.1. The number of halogens is 2. The summed E-state index contributed by atoms with van der Waals surface area (Å²) in [6, 6.07) is 10.3. The van der Waals surface area contributed by atoms with Crippen LogP contribution in [0, 0.1) is 25.5 Å². The minimum absolute atomic E-state index is 0.140. The van der Waals surface area contributed by atoms with Crippen LogP contribution in [-0.4, -0.2) is 28.3 Å². The third-order valence-electron chi connectivity index (χ3n) is 4.81. The molecule has 0 fully saturated rings. The zero-order chi connectivity index (χ0) is 23.3. The van der Waals surface area contributed by atoms with Crippen molar-refractivity contribution in [3.05, 3.63) is 88.8 Å². The minimum atomic E-state index is -1.09. The van der Waals surface area contributed by atoms with Gasteiger partial charge >= 0.3 is 5.97 Å². The quantitative estimate of drug-likeness (QED) is 0.442. The molecule has 0 saturated heterocycles. The molecular formula is C24H23F2N3O3. The van der Waals surface area contributed by atoms with E-state index in [2.05, 4.69) is 10.4 Å². The maximum Gasteiger partial charge on any atom is 0.333 e. The molecule has 1 heterocycles. The van der Waals surface area contributed by atoms with Crippen molar-refractivity contribution in [2.24, 2.45) is 0 Å². The van der Waals surface area contributed by atoms with E-state index in [9.17, 15) is 18.4 Å². The van der Waals surface area contributed by atoms with Gasteiger partial charge in [0, 0.05) is 17.3 Å². The van der Waals surface area contributed by atoms with E-state index in [1.165, 1.54) is 48.6 Å². The molecule has 3 rings (SSSR count). The summed E-state index contributed by atoms with van der Waals surface area (Å²) in [5.41, 5.74) is 2.87. The Bertz CT molecular complexity index is 1140. The molecule has 1 unspecified atom stereocenters. The lowest BCUT2D eigenvalue weighted by Crippen LogP contribution is -2.34. The summed E-state index contributed by atoms with van der Waals surface area (Å²) in [5.74, 6) is -1.90. The molecule has 2 aromatic carbocycles. The van der Waals surface area contributed by atoms with Gasteiger partial charge in [0.05, 0.1) is 18.0 Å². The lowest BCUT2D eigenvalue weighted by molar-refractivity contribution is -0.147. The van der Waals surface area contributed by atoms with Gasteiger partial charge in [-0.25, -0.2) is 18.3 Å². The van der Waals surface area contributed by atoms with Crippen LogP contribution >= 0.6 is 0 Å². The van der Waals surface area contributed by atoms with E-state index in [4.69, 9.17) is 4.74 Å². The zero-order valence-electron chi connectivity index (χ0n) is 17.9. The number of amides is 1. The number of aryl methyl sites for hydroxylation is 1. The molecule has 32 heavy (non-hydrogen) atoms. The highest BCUT2D eigenvalue weighted by molar-refractivity contribution is 5.95. The molecule has 0 aliphatic rings. The second-order valence-corrected chi connectivity index (χ2v) is 7.05. The van der Waals surface area contributed by atoms with Crippen LogP contribution in [0.25, 0.3) is 11.8 Å². The van der Waals surface area contributed by atoms with Crippen LogP contribution in [0.15, 0.2) is 54.6 Å². The van der Waals surface area contributed by atoms with E-state index < -0.39 is 17.9 Å². The van der Waals surface area contributed by atoms with Crippen molar-refractivity contribution in [3.8, 4) is 5.69 Å². The van der Waals surface area contributed by atoms with Crippen LogP contribution in [0.5, 0.6) is 0 Å². The number of hydrogen-bond acceptors (Lipinski definition) is 4. The highest BCUT2D eigenvalue weighted by atomic mass is 19.1. The van der Waals surface area contributed by atoms with Crippen molar-refractivity contribution >= 4 is 18.0 Å². The van der Waals surface area contributed by atoms with E-state index in [0.717, 1.165) is 0 Å². The van der Waals surface area contributed by atoms with Gasteiger partial charge in [0.15, 0.2) is 6.04 Å². The molecule has 0 spiro atoms. The fourth-order valence-electron chi connectivity index (χ4n) is 3.32. The lowest BCUT2D eigenvalue weighted by atomic mass is 10.0. The summed E-state index contributed by atoms with van der Waals surface area (Å²) in [6.07, 6.45) is 2.77. The first-order valence-corrected chi connectivity index (χ1v) is 10.0. The van der Waals surface area contributed by atoms with Crippen LogP contribution < -0.4 is 5.32 Å². The molecule has 1 aromatic heterocycles. The molecule has 0 radical (unpaired) electrons. The molecule has 3 aromatic rings. The largest absolute Gasteiger partial charge is 0.464 e. The van der Waals surface area contributed by atoms with Gasteiger partial charge in [-0.15, -0.1) is 0 Å². The number of rotatable bonds is 7.